The van der Waals surface area contributed by atoms with Crippen LogP contribution in [-0.2, 0) is 20.6 Å². The number of thioether (sulfide) groups is 1. The molecule has 0 saturated carbocycles. The van der Waals surface area contributed by atoms with E-state index in [2.05, 4.69) is 120 Å². The highest BCUT2D eigenvalue weighted by Crippen LogP contribution is 2.50. The van der Waals surface area contributed by atoms with E-state index in [-0.39, 0.29) is 21.8 Å². The molecule has 0 atom stereocenters. The summed E-state index contributed by atoms with van der Waals surface area (Å²) in [7, 11) is 3.38. The van der Waals surface area contributed by atoms with E-state index in [4.69, 9.17) is 12.2 Å². The van der Waals surface area contributed by atoms with Gasteiger partial charge in [-0.3, -0.25) is 13.9 Å². The van der Waals surface area contributed by atoms with E-state index in [0.29, 0.717) is 0 Å². The third-order valence-electron chi connectivity index (χ3n) is 9.90. The maximum absolute atomic E-state index is 13.9. The number of fused-ring (bicyclic) bond motifs is 6. The number of rotatable bonds is 6. The summed E-state index contributed by atoms with van der Waals surface area (Å²) in [5.74, 6) is -0.110. The molecule has 0 unspecified atom stereocenters. The van der Waals surface area contributed by atoms with E-state index < -0.39 is 0 Å². The van der Waals surface area contributed by atoms with Gasteiger partial charge >= 0.3 is 0 Å². The van der Waals surface area contributed by atoms with Crippen molar-refractivity contribution < 1.29 is 9.67 Å². The molecule has 0 spiro atoms. The van der Waals surface area contributed by atoms with Crippen molar-refractivity contribution in [3.8, 4) is 5.88 Å². The second-order valence-electron chi connectivity index (χ2n) is 12.6. The lowest BCUT2D eigenvalue weighted by Gasteiger charge is -2.19. The average molecular weight is 714 g/mol. The molecule has 0 bridgehead atoms. The molecule has 1 N–H and O–H groups in total. The zero-order valence-corrected chi connectivity index (χ0v) is 30.9. The van der Waals surface area contributed by atoms with Crippen LogP contribution in [0.1, 0.15) is 37.3 Å². The summed E-state index contributed by atoms with van der Waals surface area (Å²) < 4.78 is 6.84. The SMILES string of the molecule is CCN1C(=CC=C2CCC(C=Cc3sc4ccc5ccccc5c4[n+]3CC)=C2c2c(O)n(C)c(=S)n(C)c2=O)Sc2ccc3ccccc3c21. The highest BCUT2D eigenvalue weighted by Gasteiger charge is 2.29. The zero-order chi connectivity index (χ0) is 34.7. The Labute approximate surface area is 304 Å². The lowest BCUT2D eigenvalue weighted by atomic mass is 9.99. The van der Waals surface area contributed by atoms with Crippen LogP contribution in [0.5, 0.6) is 5.88 Å². The molecule has 0 fully saturated rings. The summed E-state index contributed by atoms with van der Waals surface area (Å²) in [6, 6.07) is 25.9. The Balaban J connectivity index is 1.27. The molecule has 6 nitrogen and oxygen atoms in total. The molecule has 250 valence electrons. The van der Waals surface area contributed by atoms with Gasteiger partial charge in [-0.05, 0) is 90.7 Å². The van der Waals surface area contributed by atoms with Gasteiger partial charge in [0, 0.05) is 37.0 Å². The predicted octanol–water partition coefficient (Wildman–Crippen LogP) is 9.65. The number of aryl methyl sites for hydroxylation is 1. The maximum Gasteiger partial charge on any atom is 0.265 e. The summed E-state index contributed by atoms with van der Waals surface area (Å²) in [5, 5.41) is 18.7. The first-order valence-electron chi connectivity index (χ1n) is 16.9. The van der Waals surface area contributed by atoms with Gasteiger partial charge in [-0.1, -0.05) is 89.8 Å². The Bertz CT molecular complexity index is 2640. The molecule has 4 aromatic carbocycles. The Morgan fingerprint density at radius 3 is 2.36 bits per heavy atom. The number of aromatic hydroxyl groups is 1. The monoisotopic (exact) mass is 713 g/mol. The second-order valence-corrected chi connectivity index (χ2v) is 15.1. The maximum atomic E-state index is 13.9. The first-order valence-corrected chi connectivity index (χ1v) is 19.0. The van der Waals surface area contributed by atoms with Gasteiger partial charge in [0.2, 0.25) is 11.4 Å². The topological polar surface area (TPSA) is 54.3 Å². The van der Waals surface area contributed by atoms with Gasteiger partial charge in [0.25, 0.3) is 10.6 Å². The molecule has 9 heteroatoms. The number of hydrogen-bond acceptors (Lipinski definition) is 6. The first-order chi connectivity index (χ1) is 24.3. The molecule has 8 rings (SSSR count). The lowest BCUT2D eigenvalue weighted by Crippen LogP contribution is -2.33. The van der Waals surface area contributed by atoms with Crippen molar-refractivity contribution in [3.63, 3.8) is 0 Å². The number of nitrogens with zero attached hydrogens (tertiary/aromatic N) is 4. The Hall–Kier alpha value is -4.70. The van der Waals surface area contributed by atoms with Crippen LogP contribution < -0.4 is 15.0 Å². The van der Waals surface area contributed by atoms with Crippen LogP contribution in [0.15, 0.2) is 117 Å². The standard InChI is InChI=1S/C41H36N4O2S3/c1-5-44-33(49-31-21-17-25-11-7-9-13-29(25)37(31)44)23-19-27-15-16-28(35(27)36-39(46)42(3)41(48)43(4)40(36)47)20-24-34-45(6-2)38-30-14-10-8-12-26(30)18-22-32(38)50-34/h7-14,17-24H,5-6,15-16H2,1-4H3/p+1. The van der Waals surface area contributed by atoms with Gasteiger partial charge < -0.3 is 10.0 Å². The normalized spacial score (nSPS) is 16.4. The van der Waals surface area contributed by atoms with Crippen molar-refractivity contribution in [2.75, 3.05) is 11.4 Å². The third-order valence-corrected chi connectivity index (χ3v) is 12.7. The molecule has 1 aliphatic heterocycles. The van der Waals surface area contributed by atoms with Crippen molar-refractivity contribution in [2.24, 2.45) is 14.1 Å². The minimum Gasteiger partial charge on any atom is -0.494 e. The quantitative estimate of drug-likeness (QED) is 0.138. The zero-order valence-electron chi connectivity index (χ0n) is 28.4. The number of allylic oxidation sites excluding steroid dienone is 6. The second kappa shape index (κ2) is 12.9. The minimum absolute atomic E-state index is 0.110. The number of hydrogen-bond donors (Lipinski definition) is 1. The molecule has 0 radical (unpaired) electrons. The summed E-state index contributed by atoms with van der Waals surface area (Å²) >= 11 is 9.03. The largest absolute Gasteiger partial charge is 0.494 e. The van der Waals surface area contributed by atoms with Crippen molar-refractivity contribution >= 4 is 84.4 Å². The fraction of sp³-hybridized carbons (Fsp3) is 0.195. The van der Waals surface area contributed by atoms with E-state index in [1.807, 2.05) is 0 Å². The van der Waals surface area contributed by atoms with Crippen LogP contribution >= 0.6 is 35.3 Å². The van der Waals surface area contributed by atoms with Gasteiger partial charge in [-0.2, -0.15) is 4.57 Å². The van der Waals surface area contributed by atoms with Crippen LogP contribution in [0.4, 0.5) is 5.69 Å². The van der Waals surface area contributed by atoms with Crippen LogP contribution in [0.25, 0.3) is 43.4 Å². The molecule has 3 heterocycles. The fourth-order valence-electron chi connectivity index (χ4n) is 7.40. The summed E-state index contributed by atoms with van der Waals surface area (Å²) in [6.07, 6.45) is 10.1. The molecule has 1 aliphatic carbocycles. The Kier molecular flexibility index (Phi) is 8.37. The molecular formula is C41H37N4O2S3+. The van der Waals surface area contributed by atoms with Crippen molar-refractivity contribution in [2.45, 2.75) is 38.1 Å². The van der Waals surface area contributed by atoms with Crippen LogP contribution in [0, 0.1) is 4.77 Å². The number of thiazole rings is 1. The van der Waals surface area contributed by atoms with Crippen LogP contribution in [0.2, 0.25) is 0 Å². The van der Waals surface area contributed by atoms with Gasteiger partial charge in [-0.25, -0.2) is 0 Å². The molecule has 6 aromatic rings. The Morgan fingerprint density at radius 2 is 1.60 bits per heavy atom. The highest BCUT2D eigenvalue weighted by molar-refractivity contribution is 8.03. The summed E-state index contributed by atoms with van der Waals surface area (Å²) in [5.41, 5.74) is 5.29. The molecule has 2 aliphatic rings. The van der Waals surface area contributed by atoms with Gasteiger partial charge in [0.1, 0.15) is 16.8 Å². The fourth-order valence-corrected chi connectivity index (χ4v) is 9.86. The molecular weight excluding hydrogens is 677 g/mol. The Morgan fingerprint density at radius 1 is 0.880 bits per heavy atom. The van der Waals surface area contributed by atoms with E-state index in [0.717, 1.165) is 52.7 Å². The molecule has 50 heavy (non-hydrogen) atoms. The molecule has 2 aromatic heterocycles. The van der Waals surface area contributed by atoms with Gasteiger partial charge in [0.05, 0.1) is 16.1 Å². The number of benzene rings is 4. The van der Waals surface area contributed by atoms with E-state index in [1.54, 1.807) is 37.2 Å². The van der Waals surface area contributed by atoms with E-state index in [9.17, 15) is 9.90 Å². The van der Waals surface area contributed by atoms with Crippen molar-refractivity contribution in [1.82, 2.24) is 9.13 Å². The van der Waals surface area contributed by atoms with Gasteiger partial charge in [-0.15, -0.1) is 0 Å². The number of anilines is 1. The smallest absolute Gasteiger partial charge is 0.265 e. The van der Waals surface area contributed by atoms with Crippen molar-refractivity contribution in [3.05, 3.63) is 133 Å². The van der Waals surface area contributed by atoms with Crippen molar-refractivity contribution in [1.29, 1.82) is 0 Å². The number of aromatic nitrogens is 3. The minimum atomic E-state index is -0.298. The average Bonchev–Trinajstić information content (AvgIpc) is 3.84. The summed E-state index contributed by atoms with van der Waals surface area (Å²) in [4.78, 5) is 17.5. The highest BCUT2D eigenvalue weighted by atomic mass is 32.2. The third kappa shape index (κ3) is 5.18. The first kappa shape index (κ1) is 32.5. The predicted molar refractivity (Wildman–Crippen MR) is 213 cm³/mol. The van der Waals surface area contributed by atoms with E-state index in [1.165, 1.54) is 51.5 Å². The lowest BCUT2D eigenvalue weighted by molar-refractivity contribution is -0.664. The summed E-state index contributed by atoms with van der Waals surface area (Å²) in [6.45, 7) is 6.03. The molecule has 0 amide bonds. The van der Waals surface area contributed by atoms with E-state index >= 15 is 0 Å². The van der Waals surface area contributed by atoms with Crippen LogP contribution in [0.3, 0.4) is 0 Å². The molecule has 0 saturated heterocycles. The van der Waals surface area contributed by atoms with Gasteiger partial charge in [0.15, 0.2) is 4.77 Å². The van der Waals surface area contributed by atoms with Crippen LogP contribution in [-0.4, -0.2) is 20.8 Å².